The predicted molar refractivity (Wildman–Crippen MR) is 98.6 cm³/mol. The minimum absolute atomic E-state index is 0. The third-order valence-corrected chi connectivity index (χ3v) is 4.55. The lowest BCUT2D eigenvalue weighted by atomic mass is 10.3. The standard InChI is InChI=1S/C19H23N5O.ClH/c1-2-7-18-17(6-1)22-19(21-15-16-5-3-4-8-20-16)24(18)10-9-23-11-13-25-14-12-23;/h1-8H,9-15H2,(H,21,22);1H/p-1. The van der Waals surface area contributed by atoms with Gasteiger partial charge in [0.2, 0.25) is 5.95 Å². The first-order valence-electron chi connectivity index (χ1n) is 8.79. The van der Waals surface area contributed by atoms with Crippen molar-refractivity contribution in [3.63, 3.8) is 0 Å². The fourth-order valence-electron chi connectivity index (χ4n) is 3.18. The minimum Gasteiger partial charge on any atom is -1.00 e. The van der Waals surface area contributed by atoms with Gasteiger partial charge in [0.15, 0.2) is 0 Å². The summed E-state index contributed by atoms with van der Waals surface area (Å²) in [4.78, 5) is 11.6. The van der Waals surface area contributed by atoms with Crippen LogP contribution in [-0.4, -0.2) is 52.3 Å². The summed E-state index contributed by atoms with van der Waals surface area (Å²) < 4.78 is 7.71. The lowest BCUT2D eigenvalue weighted by molar-refractivity contribution is -0.00000684. The molecule has 4 rings (SSSR count). The van der Waals surface area contributed by atoms with Crippen molar-refractivity contribution in [2.24, 2.45) is 0 Å². The zero-order valence-corrected chi connectivity index (χ0v) is 15.4. The largest absolute Gasteiger partial charge is 1.00 e. The number of nitrogens with one attached hydrogen (secondary N) is 1. The summed E-state index contributed by atoms with van der Waals surface area (Å²) in [6.45, 7) is 6.24. The molecule has 0 unspecified atom stereocenters. The van der Waals surface area contributed by atoms with E-state index in [0.717, 1.165) is 56.6 Å². The van der Waals surface area contributed by atoms with Crippen LogP contribution >= 0.6 is 0 Å². The number of aromatic nitrogens is 3. The molecule has 1 fully saturated rings. The van der Waals surface area contributed by atoms with Crippen LogP contribution in [0.5, 0.6) is 0 Å². The van der Waals surface area contributed by atoms with Crippen LogP contribution in [0.4, 0.5) is 5.95 Å². The first kappa shape index (κ1) is 18.6. The molecule has 6 nitrogen and oxygen atoms in total. The number of morpholine rings is 1. The molecule has 0 spiro atoms. The lowest BCUT2D eigenvalue weighted by Gasteiger charge is -2.27. The molecule has 1 N–H and O–H groups in total. The van der Waals surface area contributed by atoms with E-state index in [1.54, 1.807) is 0 Å². The molecule has 3 aromatic rings. The molecule has 2 aromatic heterocycles. The molecule has 1 aliphatic heterocycles. The normalized spacial score (nSPS) is 14.9. The number of halogens is 1. The quantitative estimate of drug-likeness (QED) is 0.625. The molecule has 0 amide bonds. The number of pyridine rings is 1. The number of hydrogen-bond donors (Lipinski definition) is 1. The van der Waals surface area contributed by atoms with Crippen LogP contribution in [0, 0.1) is 0 Å². The van der Waals surface area contributed by atoms with Gasteiger partial charge in [-0.2, -0.15) is 0 Å². The zero-order valence-electron chi connectivity index (χ0n) is 14.6. The third kappa shape index (κ3) is 4.33. The maximum atomic E-state index is 5.44. The van der Waals surface area contributed by atoms with Crippen molar-refractivity contribution in [2.75, 3.05) is 38.2 Å². The summed E-state index contributed by atoms with van der Waals surface area (Å²) in [5.74, 6) is 0.903. The third-order valence-electron chi connectivity index (χ3n) is 4.55. The van der Waals surface area contributed by atoms with E-state index < -0.39 is 0 Å². The Kier molecular flexibility index (Phi) is 6.44. The number of anilines is 1. The molecule has 0 aliphatic carbocycles. The molecule has 1 aliphatic rings. The molecule has 0 radical (unpaired) electrons. The van der Waals surface area contributed by atoms with Gasteiger partial charge in [-0.05, 0) is 24.3 Å². The number of hydrogen-bond acceptors (Lipinski definition) is 5. The van der Waals surface area contributed by atoms with E-state index in [2.05, 4.69) is 38.0 Å². The van der Waals surface area contributed by atoms with E-state index in [4.69, 9.17) is 9.72 Å². The summed E-state index contributed by atoms with van der Waals surface area (Å²) in [6, 6.07) is 14.3. The van der Waals surface area contributed by atoms with Gasteiger partial charge in [0.25, 0.3) is 0 Å². The Hall–Kier alpha value is -2.15. The van der Waals surface area contributed by atoms with E-state index in [9.17, 15) is 0 Å². The maximum absolute atomic E-state index is 5.44. The van der Waals surface area contributed by atoms with Gasteiger partial charge in [-0.3, -0.25) is 9.88 Å². The van der Waals surface area contributed by atoms with Crippen molar-refractivity contribution >= 4 is 17.0 Å². The van der Waals surface area contributed by atoms with E-state index >= 15 is 0 Å². The molecule has 0 bridgehead atoms. The Morgan fingerprint density at radius 1 is 1.00 bits per heavy atom. The second-order valence-electron chi connectivity index (χ2n) is 6.20. The molecule has 0 atom stereocenters. The van der Waals surface area contributed by atoms with E-state index in [0.29, 0.717) is 6.54 Å². The summed E-state index contributed by atoms with van der Waals surface area (Å²) in [5, 5.41) is 3.45. The number of nitrogens with zero attached hydrogens (tertiary/aromatic N) is 4. The van der Waals surface area contributed by atoms with Crippen molar-refractivity contribution in [2.45, 2.75) is 13.1 Å². The molecule has 26 heavy (non-hydrogen) atoms. The fraction of sp³-hybridized carbons (Fsp3) is 0.368. The monoisotopic (exact) mass is 372 g/mol. The zero-order chi connectivity index (χ0) is 16.9. The van der Waals surface area contributed by atoms with E-state index in [1.165, 1.54) is 5.52 Å². The van der Waals surface area contributed by atoms with Crippen molar-refractivity contribution in [3.05, 3.63) is 54.4 Å². The highest BCUT2D eigenvalue weighted by molar-refractivity contribution is 5.78. The molecule has 138 valence electrons. The van der Waals surface area contributed by atoms with Crippen molar-refractivity contribution in [1.82, 2.24) is 19.4 Å². The molecular weight excluding hydrogens is 350 g/mol. The Bertz CT molecular complexity index is 817. The molecule has 1 aromatic carbocycles. The first-order valence-corrected chi connectivity index (χ1v) is 8.79. The van der Waals surface area contributed by atoms with Crippen LogP contribution in [0.15, 0.2) is 48.7 Å². The predicted octanol–water partition coefficient (Wildman–Crippen LogP) is -0.620. The van der Waals surface area contributed by atoms with Crippen LogP contribution in [-0.2, 0) is 17.8 Å². The minimum atomic E-state index is 0. The lowest BCUT2D eigenvalue weighted by Crippen LogP contribution is -3.00. The number of rotatable bonds is 6. The Labute approximate surface area is 159 Å². The molecule has 1 saturated heterocycles. The topological polar surface area (TPSA) is 55.2 Å². The Morgan fingerprint density at radius 3 is 2.62 bits per heavy atom. The van der Waals surface area contributed by atoms with Gasteiger partial charge in [-0.15, -0.1) is 0 Å². The summed E-state index contributed by atoms with van der Waals surface area (Å²) in [7, 11) is 0. The van der Waals surface area contributed by atoms with Gasteiger partial charge in [0.05, 0.1) is 36.5 Å². The van der Waals surface area contributed by atoms with Gasteiger partial charge in [-0.1, -0.05) is 18.2 Å². The number of fused-ring (bicyclic) bond motifs is 1. The van der Waals surface area contributed by atoms with Gasteiger partial charge >= 0.3 is 0 Å². The highest BCUT2D eigenvalue weighted by Gasteiger charge is 2.14. The summed E-state index contributed by atoms with van der Waals surface area (Å²) in [6.07, 6.45) is 1.82. The number of benzene rings is 1. The van der Waals surface area contributed by atoms with Crippen LogP contribution in [0.25, 0.3) is 11.0 Å². The second-order valence-corrected chi connectivity index (χ2v) is 6.20. The van der Waals surface area contributed by atoms with Gasteiger partial charge in [0, 0.05) is 32.4 Å². The fourth-order valence-corrected chi connectivity index (χ4v) is 3.18. The van der Waals surface area contributed by atoms with Crippen LogP contribution in [0.2, 0.25) is 0 Å². The first-order chi connectivity index (χ1) is 12.4. The molecule has 3 heterocycles. The van der Waals surface area contributed by atoms with E-state index in [1.807, 2.05) is 30.5 Å². The number of para-hydroxylation sites is 2. The highest BCUT2D eigenvalue weighted by atomic mass is 35.5. The Balaban J connectivity index is 0.00000196. The SMILES string of the molecule is [Cl-].c1ccc(CNc2nc3ccccc3n2CCN2CCOCC2)nc1. The highest BCUT2D eigenvalue weighted by Crippen LogP contribution is 2.20. The average molecular weight is 373 g/mol. The number of ether oxygens (including phenoxy) is 1. The summed E-state index contributed by atoms with van der Waals surface area (Å²) >= 11 is 0. The van der Waals surface area contributed by atoms with Crippen LogP contribution < -0.4 is 17.7 Å². The van der Waals surface area contributed by atoms with Gasteiger partial charge in [-0.25, -0.2) is 4.98 Å². The number of imidazole rings is 1. The smallest absolute Gasteiger partial charge is 0.204 e. The molecular formula is C19H23ClN5O-. The van der Waals surface area contributed by atoms with Crippen LogP contribution in [0.3, 0.4) is 0 Å². The van der Waals surface area contributed by atoms with Crippen molar-refractivity contribution in [1.29, 1.82) is 0 Å². The van der Waals surface area contributed by atoms with Gasteiger partial charge in [0.1, 0.15) is 0 Å². The second kappa shape index (κ2) is 8.98. The molecule has 7 heteroatoms. The average Bonchev–Trinajstić information content (AvgIpc) is 3.04. The van der Waals surface area contributed by atoms with Crippen LogP contribution in [0.1, 0.15) is 5.69 Å². The van der Waals surface area contributed by atoms with Gasteiger partial charge < -0.3 is 27.0 Å². The molecule has 0 saturated carbocycles. The van der Waals surface area contributed by atoms with Crippen molar-refractivity contribution in [3.8, 4) is 0 Å². The van der Waals surface area contributed by atoms with Crippen molar-refractivity contribution < 1.29 is 17.1 Å². The van der Waals surface area contributed by atoms with E-state index in [-0.39, 0.29) is 12.4 Å². The summed E-state index contributed by atoms with van der Waals surface area (Å²) in [5.41, 5.74) is 3.20. The maximum Gasteiger partial charge on any atom is 0.204 e. The Morgan fingerprint density at radius 2 is 1.81 bits per heavy atom.